The highest BCUT2D eigenvalue weighted by molar-refractivity contribution is 8.00. The molecular weight excluding hydrogens is 268 g/mol. The lowest BCUT2D eigenvalue weighted by Crippen LogP contribution is -2.53. The molecule has 0 aliphatic carbocycles. The van der Waals surface area contributed by atoms with Crippen molar-refractivity contribution in [2.24, 2.45) is 5.92 Å². The van der Waals surface area contributed by atoms with Gasteiger partial charge in [0.05, 0.1) is 5.37 Å². The molecule has 2 aliphatic heterocycles. The topological polar surface area (TPSA) is 86.7 Å². The van der Waals surface area contributed by atoms with Crippen LogP contribution >= 0.6 is 11.8 Å². The fourth-order valence-corrected chi connectivity index (χ4v) is 3.97. The molecule has 2 saturated heterocycles. The molecule has 0 aromatic rings. The average Bonchev–Trinajstić information content (AvgIpc) is 2.93. The number of carboxylic acid groups (broad SMARTS) is 1. The van der Waals surface area contributed by atoms with E-state index in [0.717, 1.165) is 0 Å². The molecule has 0 spiro atoms. The van der Waals surface area contributed by atoms with E-state index < -0.39 is 18.1 Å². The van der Waals surface area contributed by atoms with Gasteiger partial charge in [-0.25, -0.2) is 4.79 Å². The Kier molecular flexibility index (Phi) is 4.03. The Balaban J connectivity index is 2.18. The summed E-state index contributed by atoms with van der Waals surface area (Å²) in [6.45, 7) is 3.94. The van der Waals surface area contributed by atoms with Crippen LogP contribution in [0.15, 0.2) is 0 Å². The van der Waals surface area contributed by atoms with Gasteiger partial charge >= 0.3 is 5.97 Å². The number of hydrogen-bond acceptors (Lipinski definition) is 4. The van der Waals surface area contributed by atoms with E-state index in [-0.39, 0.29) is 23.1 Å². The van der Waals surface area contributed by atoms with Crippen molar-refractivity contribution in [3.63, 3.8) is 0 Å². The van der Waals surface area contributed by atoms with Crippen LogP contribution in [0.1, 0.15) is 26.7 Å². The molecule has 3 unspecified atom stereocenters. The van der Waals surface area contributed by atoms with Gasteiger partial charge in [-0.1, -0.05) is 13.8 Å². The van der Waals surface area contributed by atoms with E-state index in [1.165, 1.54) is 16.7 Å². The number of thioether (sulfide) groups is 1. The van der Waals surface area contributed by atoms with E-state index in [2.05, 4.69) is 5.32 Å². The summed E-state index contributed by atoms with van der Waals surface area (Å²) < 4.78 is 0. The van der Waals surface area contributed by atoms with E-state index in [0.29, 0.717) is 18.6 Å². The highest BCUT2D eigenvalue weighted by Crippen LogP contribution is 2.35. The number of carbonyl (C=O) groups excluding carboxylic acids is 2. The summed E-state index contributed by atoms with van der Waals surface area (Å²) in [5.41, 5.74) is 0. The third-order valence-electron chi connectivity index (χ3n) is 3.44. The molecule has 7 heteroatoms. The van der Waals surface area contributed by atoms with Crippen LogP contribution in [0.5, 0.6) is 0 Å². The smallest absolute Gasteiger partial charge is 0.327 e. The molecule has 2 fully saturated rings. The number of aliphatic carboxylic acids is 1. The van der Waals surface area contributed by atoms with Crippen LogP contribution in [0.25, 0.3) is 0 Å². The minimum Gasteiger partial charge on any atom is -0.480 e. The minimum atomic E-state index is -0.978. The number of nitrogens with zero attached hydrogens (tertiary/aromatic N) is 1. The normalized spacial score (nSPS) is 30.8. The largest absolute Gasteiger partial charge is 0.480 e. The molecule has 106 valence electrons. The lowest BCUT2D eigenvalue weighted by Gasteiger charge is -2.31. The second kappa shape index (κ2) is 5.40. The first-order chi connectivity index (χ1) is 8.91. The zero-order valence-corrected chi connectivity index (χ0v) is 11.8. The van der Waals surface area contributed by atoms with Gasteiger partial charge in [0.15, 0.2) is 0 Å². The van der Waals surface area contributed by atoms with Crippen molar-refractivity contribution in [1.82, 2.24) is 10.2 Å². The highest BCUT2D eigenvalue weighted by Gasteiger charge is 2.45. The maximum absolute atomic E-state index is 12.5. The Labute approximate surface area is 115 Å². The van der Waals surface area contributed by atoms with Gasteiger partial charge in [0.2, 0.25) is 11.8 Å². The molecule has 2 N–H and O–H groups in total. The molecule has 0 radical (unpaired) electrons. The summed E-state index contributed by atoms with van der Waals surface area (Å²) in [6, 6.07) is -1.35. The molecule has 0 aromatic heterocycles. The lowest BCUT2D eigenvalue weighted by molar-refractivity contribution is -0.150. The van der Waals surface area contributed by atoms with Crippen LogP contribution in [0.2, 0.25) is 0 Å². The predicted octanol–water partition coefficient (Wildman–Crippen LogP) is 0.276. The van der Waals surface area contributed by atoms with Crippen LogP contribution in [-0.2, 0) is 14.4 Å². The van der Waals surface area contributed by atoms with Gasteiger partial charge in [-0.2, -0.15) is 0 Å². The van der Waals surface area contributed by atoms with Crippen LogP contribution in [0.4, 0.5) is 0 Å². The number of hydrogen-bond donors (Lipinski definition) is 2. The fraction of sp³-hybridized carbons (Fsp3) is 0.750. The van der Waals surface area contributed by atoms with Gasteiger partial charge in [-0.3, -0.25) is 9.59 Å². The average molecular weight is 286 g/mol. The number of carboxylic acids is 1. The van der Waals surface area contributed by atoms with E-state index in [4.69, 9.17) is 0 Å². The zero-order valence-electron chi connectivity index (χ0n) is 11.0. The molecular formula is C12H18N2O4S. The number of nitrogens with one attached hydrogen (secondary N) is 1. The van der Waals surface area contributed by atoms with E-state index in [9.17, 15) is 19.5 Å². The molecule has 0 aromatic carbocycles. The SMILES string of the molecule is CC(C)C1SCC(C(=O)O)N1C(=O)C1CCC(=O)N1. The lowest BCUT2D eigenvalue weighted by atomic mass is 10.1. The Morgan fingerprint density at radius 2 is 2.16 bits per heavy atom. The van der Waals surface area contributed by atoms with Crippen molar-refractivity contribution in [2.75, 3.05) is 5.75 Å². The molecule has 0 saturated carbocycles. The van der Waals surface area contributed by atoms with E-state index in [1.807, 2.05) is 13.8 Å². The summed E-state index contributed by atoms with van der Waals surface area (Å²) in [5.74, 6) is -0.797. The minimum absolute atomic E-state index is 0.133. The van der Waals surface area contributed by atoms with E-state index >= 15 is 0 Å². The maximum atomic E-state index is 12.5. The summed E-state index contributed by atoms with van der Waals surface area (Å²) >= 11 is 1.49. The molecule has 6 nitrogen and oxygen atoms in total. The van der Waals surface area contributed by atoms with Crippen molar-refractivity contribution in [2.45, 2.75) is 44.1 Å². The van der Waals surface area contributed by atoms with Crippen LogP contribution in [-0.4, -0.2) is 51.0 Å². The van der Waals surface area contributed by atoms with Gasteiger partial charge in [-0.15, -0.1) is 11.8 Å². The van der Waals surface area contributed by atoms with Crippen molar-refractivity contribution in [3.05, 3.63) is 0 Å². The molecule has 2 heterocycles. The van der Waals surface area contributed by atoms with Gasteiger partial charge in [-0.05, 0) is 12.3 Å². The molecule has 2 amide bonds. The molecule has 2 rings (SSSR count). The quantitative estimate of drug-likeness (QED) is 0.778. The Morgan fingerprint density at radius 1 is 1.47 bits per heavy atom. The first-order valence-electron chi connectivity index (χ1n) is 6.37. The third-order valence-corrected chi connectivity index (χ3v) is 5.06. The maximum Gasteiger partial charge on any atom is 0.327 e. The third kappa shape index (κ3) is 2.70. The van der Waals surface area contributed by atoms with Gasteiger partial charge < -0.3 is 15.3 Å². The number of carbonyl (C=O) groups is 3. The second-order valence-corrected chi connectivity index (χ2v) is 6.38. The summed E-state index contributed by atoms with van der Waals surface area (Å²) in [6.07, 6.45) is 0.789. The van der Waals surface area contributed by atoms with Crippen molar-refractivity contribution >= 4 is 29.5 Å². The first kappa shape index (κ1) is 14.2. The Hall–Kier alpha value is -1.24. The van der Waals surface area contributed by atoms with Crippen molar-refractivity contribution < 1.29 is 19.5 Å². The summed E-state index contributed by atoms with van der Waals surface area (Å²) in [4.78, 5) is 36.4. The Morgan fingerprint density at radius 3 is 2.63 bits per heavy atom. The molecule has 0 bridgehead atoms. The second-order valence-electron chi connectivity index (χ2n) is 5.23. The van der Waals surface area contributed by atoms with Gasteiger partial charge in [0.25, 0.3) is 0 Å². The highest BCUT2D eigenvalue weighted by atomic mass is 32.2. The number of amides is 2. The molecule has 19 heavy (non-hydrogen) atoms. The molecule has 3 atom stereocenters. The van der Waals surface area contributed by atoms with Crippen LogP contribution in [0.3, 0.4) is 0 Å². The zero-order chi connectivity index (χ0) is 14.2. The summed E-state index contributed by atoms with van der Waals surface area (Å²) in [5, 5.41) is 11.7. The predicted molar refractivity (Wildman–Crippen MR) is 70.5 cm³/mol. The Bertz CT molecular complexity index is 413. The van der Waals surface area contributed by atoms with Crippen molar-refractivity contribution in [3.8, 4) is 0 Å². The summed E-state index contributed by atoms with van der Waals surface area (Å²) in [7, 11) is 0. The number of rotatable bonds is 3. The van der Waals surface area contributed by atoms with Crippen LogP contribution in [0, 0.1) is 5.92 Å². The van der Waals surface area contributed by atoms with Crippen LogP contribution < -0.4 is 5.32 Å². The monoisotopic (exact) mass is 286 g/mol. The van der Waals surface area contributed by atoms with Gasteiger partial charge in [0, 0.05) is 12.2 Å². The standard InChI is InChI=1S/C12H18N2O4S/c1-6(2)11-14(8(5-19-11)12(17)18)10(16)7-3-4-9(15)13-7/h6-8,11H,3-5H2,1-2H3,(H,13,15)(H,17,18). The fourth-order valence-electron chi connectivity index (χ4n) is 2.49. The first-order valence-corrected chi connectivity index (χ1v) is 7.42. The van der Waals surface area contributed by atoms with E-state index in [1.54, 1.807) is 0 Å². The van der Waals surface area contributed by atoms with Gasteiger partial charge in [0.1, 0.15) is 12.1 Å². The molecule has 2 aliphatic rings. The van der Waals surface area contributed by atoms with Crippen molar-refractivity contribution in [1.29, 1.82) is 0 Å².